The van der Waals surface area contributed by atoms with Crippen LogP contribution in [0, 0.1) is 0 Å². The Morgan fingerprint density at radius 1 is 1.41 bits per heavy atom. The van der Waals surface area contributed by atoms with Gasteiger partial charge in [-0.2, -0.15) is 5.10 Å². The summed E-state index contributed by atoms with van der Waals surface area (Å²) in [5.41, 5.74) is 2.04. The van der Waals surface area contributed by atoms with Gasteiger partial charge in [0.15, 0.2) is 5.56 Å². The third kappa shape index (κ3) is 3.07. The van der Waals surface area contributed by atoms with Crippen molar-refractivity contribution in [1.29, 1.82) is 0 Å². The molecule has 0 saturated heterocycles. The number of alkyl halides is 1. The van der Waals surface area contributed by atoms with Gasteiger partial charge in [-0.3, -0.25) is 9.89 Å². The molecule has 1 N–H and O–H groups in total. The standard InChI is InChI=1S/C12H11ClN2O2/c13-12(17-8-16)7-10-6-11(15-14-10)9-4-2-1-3-5-9/h1-6,8,12H,7H2,(H,14,15). The number of aromatic nitrogens is 2. The maximum atomic E-state index is 10.1. The predicted octanol–water partition coefficient (Wildman–Crippen LogP) is 2.36. The SMILES string of the molecule is O=COC(Cl)Cc1cc(-c2ccccc2)[nH]n1. The van der Waals surface area contributed by atoms with Crippen molar-refractivity contribution < 1.29 is 9.53 Å². The van der Waals surface area contributed by atoms with Crippen LogP contribution < -0.4 is 0 Å². The van der Waals surface area contributed by atoms with Crippen molar-refractivity contribution >= 4 is 18.1 Å². The lowest BCUT2D eigenvalue weighted by Crippen LogP contribution is -2.07. The van der Waals surface area contributed by atoms with Crippen molar-refractivity contribution in [2.24, 2.45) is 0 Å². The largest absolute Gasteiger partial charge is 0.448 e. The highest BCUT2D eigenvalue weighted by molar-refractivity contribution is 6.20. The van der Waals surface area contributed by atoms with Crippen molar-refractivity contribution in [3.05, 3.63) is 42.1 Å². The number of benzene rings is 1. The van der Waals surface area contributed by atoms with E-state index in [9.17, 15) is 4.79 Å². The summed E-state index contributed by atoms with van der Waals surface area (Å²) in [6.45, 7) is 0.336. The van der Waals surface area contributed by atoms with Gasteiger partial charge in [-0.25, -0.2) is 0 Å². The minimum absolute atomic E-state index is 0.336. The van der Waals surface area contributed by atoms with Crippen LogP contribution >= 0.6 is 11.6 Å². The zero-order valence-corrected chi connectivity index (χ0v) is 9.72. The van der Waals surface area contributed by atoms with Crippen LogP contribution in [0.25, 0.3) is 11.3 Å². The number of hydrogen-bond acceptors (Lipinski definition) is 3. The van der Waals surface area contributed by atoms with E-state index in [1.165, 1.54) is 0 Å². The second-order valence-electron chi connectivity index (χ2n) is 3.49. The van der Waals surface area contributed by atoms with E-state index in [1.807, 2.05) is 36.4 Å². The Morgan fingerprint density at radius 3 is 2.88 bits per heavy atom. The van der Waals surface area contributed by atoms with Crippen LogP contribution in [0.15, 0.2) is 36.4 Å². The second kappa shape index (κ2) is 5.50. The molecule has 0 spiro atoms. The summed E-state index contributed by atoms with van der Waals surface area (Å²) in [6.07, 6.45) is 0.379. The van der Waals surface area contributed by atoms with Gasteiger partial charge in [-0.15, -0.1) is 0 Å². The summed E-state index contributed by atoms with van der Waals surface area (Å²) < 4.78 is 4.59. The van der Waals surface area contributed by atoms with Crippen LogP contribution in [0.2, 0.25) is 0 Å². The highest BCUT2D eigenvalue weighted by Gasteiger charge is 2.09. The average molecular weight is 251 g/mol. The van der Waals surface area contributed by atoms with Crippen molar-refractivity contribution in [3.63, 3.8) is 0 Å². The Morgan fingerprint density at radius 2 is 2.18 bits per heavy atom. The Hall–Kier alpha value is -1.81. The van der Waals surface area contributed by atoms with Crippen LogP contribution in [-0.2, 0) is 16.0 Å². The Labute approximate surface area is 104 Å². The third-order valence-corrected chi connectivity index (χ3v) is 2.55. The average Bonchev–Trinajstić information content (AvgIpc) is 2.79. The van der Waals surface area contributed by atoms with Gasteiger partial charge in [-0.1, -0.05) is 41.9 Å². The molecule has 0 amide bonds. The molecule has 4 nitrogen and oxygen atoms in total. The number of carbonyl (C=O) groups excluding carboxylic acids is 1. The lowest BCUT2D eigenvalue weighted by molar-refractivity contribution is -0.130. The van der Waals surface area contributed by atoms with Crippen LogP contribution in [0.5, 0.6) is 0 Å². The number of halogens is 1. The number of H-pyrrole nitrogens is 1. The molecule has 0 aliphatic heterocycles. The van der Waals surface area contributed by atoms with Crippen LogP contribution in [0.1, 0.15) is 5.69 Å². The van der Waals surface area contributed by atoms with E-state index in [-0.39, 0.29) is 0 Å². The molecule has 1 heterocycles. The summed E-state index contributed by atoms with van der Waals surface area (Å²) >= 11 is 5.76. The lowest BCUT2D eigenvalue weighted by atomic mass is 10.1. The summed E-state index contributed by atoms with van der Waals surface area (Å²) in [5.74, 6) is 0. The van der Waals surface area contributed by atoms with E-state index >= 15 is 0 Å². The molecule has 5 heteroatoms. The van der Waals surface area contributed by atoms with Gasteiger partial charge in [0, 0.05) is 6.42 Å². The molecule has 2 aromatic rings. The van der Waals surface area contributed by atoms with E-state index in [0.717, 1.165) is 17.0 Å². The highest BCUT2D eigenvalue weighted by atomic mass is 35.5. The number of hydrogen-bond donors (Lipinski definition) is 1. The fraction of sp³-hybridized carbons (Fsp3) is 0.167. The summed E-state index contributed by atoms with van der Waals surface area (Å²) in [7, 11) is 0. The summed E-state index contributed by atoms with van der Waals surface area (Å²) in [6, 6.07) is 11.7. The minimum atomic E-state index is -0.681. The number of aromatic amines is 1. The molecule has 1 aromatic heterocycles. The number of nitrogens with one attached hydrogen (secondary N) is 1. The molecule has 0 bridgehead atoms. The highest BCUT2D eigenvalue weighted by Crippen LogP contribution is 2.18. The zero-order valence-electron chi connectivity index (χ0n) is 8.97. The Balaban J connectivity index is 2.09. The lowest BCUT2D eigenvalue weighted by Gasteiger charge is -2.03. The first-order valence-corrected chi connectivity index (χ1v) is 5.56. The van der Waals surface area contributed by atoms with Gasteiger partial charge in [0.25, 0.3) is 6.47 Å². The molecule has 17 heavy (non-hydrogen) atoms. The molecule has 0 radical (unpaired) electrons. The first kappa shape index (κ1) is 11.7. The molecular formula is C12H11ClN2O2. The fourth-order valence-corrected chi connectivity index (χ4v) is 1.71. The van der Waals surface area contributed by atoms with Crippen molar-refractivity contribution in [2.45, 2.75) is 12.0 Å². The molecule has 0 saturated carbocycles. The van der Waals surface area contributed by atoms with Gasteiger partial charge in [-0.05, 0) is 11.6 Å². The predicted molar refractivity (Wildman–Crippen MR) is 64.5 cm³/mol. The monoisotopic (exact) mass is 250 g/mol. The Kier molecular flexibility index (Phi) is 3.77. The zero-order chi connectivity index (χ0) is 12.1. The van der Waals surface area contributed by atoms with Crippen LogP contribution in [-0.4, -0.2) is 22.2 Å². The van der Waals surface area contributed by atoms with E-state index in [2.05, 4.69) is 14.9 Å². The molecule has 1 unspecified atom stereocenters. The molecule has 0 aliphatic rings. The number of rotatable bonds is 5. The number of nitrogens with zero attached hydrogens (tertiary/aromatic N) is 1. The van der Waals surface area contributed by atoms with Crippen LogP contribution in [0.4, 0.5) is 0 Å². The smallest absolute Gasteiger partial charge is 0.294 e. The summed E-state index contributed by atoms with van der Waals surface area (Å²) in [5, 5.41) is 7.03. The van der Waals surface area contributed by atoms with Gasteiger partial charge >= 0.3 is 0 Å². The maximum Gasteiger partial charge on any atom is 0.294 e. The minimum Gasteiger partial charge on any atom is -0.448 e. The third-order valence-electron chi connectivity index (χ3n) is 2.29. The summed E-state index contributed by atoms with van der Waals surface area (Å²) in [4.78, 5) is 10.1. The van der Waals surface area contributed by atoms with Gasteiger partial charge < -0.3 is 4.74 Å². The molecule has 0 fully saturated rings. The van der Waals surface area contributed by atoms with E-state index < -0.39 is 5.56 Å². The topological polar surface area (TPSA) is 55.0 Å². The normalized spacial score (nSPS) is 12.1. The van der Waals surface area contributed by atoms with Gasteiger partial charge in [0.05, 0.1) is 11.4 Å². The first-order valence-electron chi connectivity index (χ1n) is 5.12. The van der Waals surface area contributed by atoms with Crippen molar-refractivity contribution in [1.82, 2.24) is 10.2 Å². The van der Waals surface area contributed by atoms with E-state index in [1.54, 1.807) is 0 Å². The van der Waals surface area contributed by atoms with Gasteiger partial charge in [0.1, 0.15) is 0 Å². The van der Waals surface area contributed by atoms with Crippen LogP contribution in [0.3, 0.4) is 0 Å². The second-order valence-corrected chi connectivity index (χ2v) is 3.97. The molecule has 1 aromatic carbocycles. The number of carbonyl (C=O) groups is 1. The molecular weight excluding hydrogens is 240 g/mol. The van der Waals surface area contributed by atoms with Crippen molar-refractivity contribution in [2.75, 3.05) is 0 Å². The fourth-order valence-electron chi connectivity index (χ4n) is 1.51. The molecule has 1 atom stereocenters. The first-order chi connectivity index (χ1) is 8.29. The molecule has 88 valence electrons. The van der Waals surface area contributed by atoms with E-state index in [4.69, 9.17) is 11.6 Å². The van der Waals surface area contributed by atoms with Gasteiger partial charge in [0.2, 0.25) is 0 Å². The quantitative estimate of drug-likeness (QED) is 0.655. The molecule has 0 aliphatic carbocycles. The maximum absolute atomic E-state index is 10.1. The molecule has 2 rings (SSSR count). The number of ether oxygens (including phenoxy) is 1. The van der Waals surface area contributed by atoms with E-state index in [0.29, 0.717) is 12.9 Å². The Bertz CT molecular complexity index is 484. The van der Waals surface area contributed by atoms with Crippen molar-refractivity contribution in [3.8, 4) is 11.3 Å².